The van der Waals surface area contributed by atoms with E-state index in [0.29, 0.717) is 0 Å². The summed E-state index contributed by atoms with van der Waals surface area (Å²) in [4.78, 5) is 5.45. The van der Waals surface area contributed by atoms with Crippen LogP contribution in [-0.4, -0.2) is 6.71 Å². The van der Waals surface area contributed by atoms with Crippen LogP contribution in [-0.2, 0) is 38.9 Å². The molecule has 0 radical (unpaired) electrons. The van der Waals surface area contributed by atoms with Crippen LogP contribution in [0.15, 0.2) is 91.0 Å². The fourth-order valence-electron chi connectivity index (χ4n) is 14.4. The summed E-state index contributed by atoms with van der Waals surface area (Å²) < 4.78 is 0. The highest BCUT2D eigenvalue weighted by Gasteiger charge is 2.50. The molecule has 2 heterocycles. The molecule has 330 valence electrons. The van der Waals surface area contributed by atoms with Gasteiger partial charge in [0, 0.05) is 34.1 Å². The Morgan fingerprint density at radius 3 is 1.48 bits per heavy atom. The summed E-state index contributed by atoms with van der Waals surface area (Å²) in [6, 6.07) is 37.5. The average Bonchev–Trinajstić information content (AvgIpc) is 3.69. The monoisotopic (exact) mass is 853 g/mol. The van der Waals surface area contributed by atoms with Gasteiger partial charge in [-0.25, -0.2) is 0 Å². The van der Waals surface area contributed by atoms with Gasteiger partial charge in [-0.1, -0.05) is 132 Å². The van der Waals surface area contributed by atoms with E-state index >= 15 is 0 Å². The minimum atomic E-state index is 0.0671. The summed E-state index contributed by atoms with van der Waals surface area (Å²) in [5.74, 6) is 0. The van der Waals surface area contributed by atoms with E-state index in [4.69, 9.17) is 0 Å². The Morgan fingerprint density at radius 1 is 0.415 bits per heavy atom. The molecule has 0 bridgehead atoms. The van der Waals surface area contributed by atoms with Gasteiger partial charge in [-0.15, -0.1) is 0 Å². The molecule has 0 spiro atoms. The predicted octanol–water partition coefficient (Wildman–Crippen LogP) is 14.6. The van der Waals surface area contributed by atoms with E-state index in [-0.39, 0.29) is 39.2 Å². The van der Waals surface area contributed by atoms with Crippen molar-refractivity contribution in [2.75, 3.05) is 9.80 Å². The Balaban J connectivity index is 1.20. The van der Waals surface area contributed by atoms with Crippen LogP contribution in [0.25, 0.3) is 11.1 Å². The summed E-state index contributed by atoms with van der Waals surface area (Å²) >= 11 is 0. The molecule has 65 heavy (non-hydrogen) atoms. The van der Waals surface area contributed by atoms with E-state index in [1.165, 1.54) is 143 Å². The molecule has 0 amide bonds. The van der Waals surface area contributed by atoms with Crippen LogP contribution in [0.1, 0.15) is 171 Å². The molecular formula is C62H69BN2. The summed E-state index contributed by atoms with van der Waals surface area (Å²) in [7, 11) is 0. The van der Waals surface area contributed by atoms with Gasteiger partial charge in [0.15, 0.2) is 0 Å². The summed E-state index contributed by atoms with van der Waals surface area (Å²) in [6.07, 6.45) is 6.91. The fourth-order valence-corrected chi connectivity index (χ4v) is 14.4. The maximum absolute atomic E-state index is 2.75. The molecule has 2 nitrogen and oxygen atoms in total. The topological polar surface area (TPSA) is 6.48 Å². The van der Waals surface area contributed by atoms with Gasteiger partial charge in [0.25, 0.3) is 6.71 Å². The number of aryl methyl sites for hydroxylation is 2. The van der Waals surface area contributed by atoms with Gasteiger partial charge in [-0.2, -0.15) is 0 Å². The lowest BCUT2D eigenvalue weighted by Crippen LogP contribution is -2.62. The molecule has 0 aromatic heterocycles. The number of nitrogens with zero attached hydrogens (tertiary/aromatic N) is 2. The third-order valence-electron chi connectivity index (χ3n) is 18.1. The second-order valence-corrected chi connectivity index (χ2v) is 25.6. The van der Waals surface area contributed by atoms with Crippen LogP contribution in [0.5, 0.6) is 0 Å². The standard InChI is InChI=1S/C62H69BN2/c1-36-25-54-56-55(26-36)65(51-32-46-43(27-37(51)2)57(3,4)21-23-59(46,7)8)53-34-48-45(61(11,12)35-62(48,13)14)31-50(53)63(56)49-30-44-47(60(9,10)24-22-58(44,5)6)33-52(49)64(54)40-19-20-42-39(29-40)28-38-17-15-16-18-41(38)42/h15-20,25-27,29-34H,21-24,28,35H2,1-14H3. The van der Waals surface area contributed by atoms with Gasteiger partial charge in [0.2, 0.25) is 0 Å². The zero-order valence-electron chi connectivity index (χ0n) is 41.9. The van der Waals surface area contributed by atoms with Gasteiger partial charge in [0.05, 0.1) is 0 Å². The number of benzene rings is 6. The second-order valence-electron chi connectivity index (χ2n) is 25.6. The Bertz CT molecular complexity index is 3100. The lowest BCUT2D eigenvalue weighted by atomic mass is 9.32. The molecule has 0 saturated carbocycles. The molecule has 0 atom stereocenters. The average molecular weight is 853 g/mol. The van der Waals surface area contributed by atoms with E-state index in [9.17, 15) is 0 Å². The van der Waals surface area contributed by atoms with Crippen molar-refractivity contribution in [2.24, 2.45) is 0 Å². The van der Waals surface area contributed by atoms with E-state index in [1.807, 2.05) is 0 Å². The molecule has 6 aromatic carbocycles. The number of hydrogen-bond acceptors (Lipinski definition) is 2. The predicted molar refractivity (Wildman–Crippen MR) is 279 cm³/mol. The second kappa shape index (κ2) is 12.9. The summed E-state index contributed by atoms with van der Waals surface area (Å²) in [6.45, 7) is 34.7. The Morgan fingerprint density at radius 2 is 0.877 bits per heavy atom. The van der Waals surface area contributed by atoms with E-state index in [0.717, 1.165) is 12.8 Å². The SMILES string of the molecule is Cc1cc2c3c(c1)N(c1cc4c(cc1C)C(C)(C)CCC4(C)C)c1cc4c(cc1B3c1cc3c(cc1N2c1ccc2c(c1)Cc1ccccc1-2)C(C)(C)CCC3(C)C)C(C)(C)CC4(C)C. The molecule has 0 unspecified atom stereocenters. The summed E-state index contributed by atoms with van der Waals surface area (Å²) in [5.41, 5.74) is 30.3. The third kappa shape index (κ3) is 5.72. The minimum absolute atomic E-state index is 0.0671. The van der Waals surface area contributed by atoms with E-state index in [2.05, 4.69) is 198 Å². The zero-order chi connectivity index (χ0) is 45.7. The number of anilines is 6. The van der Waals surface area contributed by atoms with Gasteiger partial charge >= 0.3 is 0 Å². The smallest absolute Gasteiger partial charge is 0.252 e. The molecule has 6 aliphatic rings. The molecule has 0 N–H and O–H groups in total. The number of rotatable bonds is 2. The highest BCUT2D eigenvalue weighted by molar-refractivity contribution is 7.00. The zero-order valence-corrected chi connectivity index (χ0v) is 41.9. The normalized spacial score (nSPS) is 21.0. The van der Waals surface area contributed by atoms with Crippen LogP contribution in [0.2, 0.25) is 0 Å². The van der Waals surface area contributed by atoms with E-state index in [1.54, 1.807) is 0 Å². The molecular weight excluding hydrogens is 784 g/mol. The molecule has 12 rings (SSSR count). The first-order valence-electron chi connectivity index (χ1n) is 25.0. The molecule has 0 saturated heterocycles. The van der Waals surface area contributed by atoms with Crippen LogP contribution in [0.3, 0.4) is 0 Å². The first-order chi connectivity index (χ1) is 30.5. The van der Waals surface area contributed by atoms with Crippen LogP contribution < -0.4 is 26.2 Å². The van der Waals surface area contributed by atoms with Crippen molar-refractivity contribution >= 4 is 57.2 Å². The van der Waals surface area contributed by atoms with Gasteiger partial charge in [-0.3, -0.25) is 0 Å². The molecule has 0 fully saturated rings. The molecule has 4 aliphatic carbocycles. The lowest BCUT2D eigenvalue weighted by molar-refractivity contribution is 0.332. The van der Waals surface area contributed by atoms with Crippen molar-refractivity contribution in [3.05, 3.63) is 147 Å². The maximum Gasteiger partial charge on any atom is 0.252 e. The molecule has 2 aliphatic heterocycles. The number of hydrogen-bond donors (Lipinski definition) is 0. The van der Waals surface area contributed by atoms with Crippen molar-refractivity contribution in [2.45, 2.75) is 168 Å². The molecule has 3 heteroatoms. The number of fused-ring (bicyclic) bond motifs is 10. The van der Waals surface area contributed by atoms with Gasteiger partial charge in [0.1, 0.15) is 0 Å². The van der Waals surface area contributed by atoms with Crippen molar-refractivity contribution in [1.82, 2.24) is 0 Å². The van der Waals surface area contributed by atoms with E-state index < -0.39 is 0 Å². The van der Waals surface area contributed by atoms with Crippen molar-refractivity contribution in [3.63, 3.8) is 0 Å². The first-order valence-corrected chi connectivity index (χ1v) is 25.0. The first kappa shape index (κ1) is 41.4. The largest absolute Gasteiger partial charge is 0.311 e. The minimum Gasteiger partial charge on any atom is -0.311 e. The van der Waals surface area contributed by atoms with Crippen molar-refractivity contribution < 1.29 is 0 Å². The maximum atomic E-state index is 2.75. The Hall–Kier alpha value is -5.02. The Labute approximate surface area is 391 Å². The fraction of sp³-hybridized carbons (Fsp3) is 0.419. The quantitative estimate of drug-likeness (QED) is 0.160. The highest BCUT2D eigenvalue weighted by Crippen LogP contribution is 2.56. The third-order valence-corrected chi connectivity index (χ3v) is 18.1. The van der Waals surface area contributed by atoms with Crippen molar-refractivity contribution in [1.29, 1.82) is 0 Å². The van der Waals surface area contributed by atoms with Crippen molar-refractivity contribution in [3.8, 4) is 11.1 Å². The summed E-state index contributed by atoms with van der Waals surface area (Å²) in [5, 5.41) is 0. The Kier molecular flexibility index (Phi) is 8.22. The van der Waals surface area contributed by atoms with Crippen LogP contribution in [0.4, 0.5) is 34.1 Å². The van der Waals surface area contributed by atoms with Crippen LogP contribution >= 0.6 is 0 Å². The highest BCUT2D eigenvalue weighted by atomic mass is 15.2. The van der Waals surface area contributed by atoms with Crippen LogP contribution in [0, 0.1) is 13.8 Å². The molecule has 6 aromatic rings. The lowest BCUT2D eigenvalue weighted by Gasteiger charge is -2.48. The van der Waals surface area contributed by atoms with Gasteiger partial charge < -0.3 is 9.80 Å². The van der Waals surface area contributed by atoms with Gasteiger partial charge in [-0.05, 0) is 210 Å².